The molecule has 0 amide bonds. The second-order valence-corrected chi connectivity index (χ2v) is 5.58. The maximum atomic E-state index is 13.1. The third kappa shape index (κ3) is 2.91. The first-order valence-corrected chi connectivity index (χ1v) is 7.02. The number of hydrogen-bond donors (Lipinski definition) is 1. The van der Waals surface area contributed by atoms with E-state index in [-0.39, 0.29) is 18.9 Å². The van der Waals surface area contributed by atoms with Crippen LogP contribution in [0.4, 0.5) is 8.78 Å². The third-order valence-corrected chi connectivity index (χ3v) is 4.16. The van der Waals surface area contributed by atoms with Gasteiger partial charge in [-0.05, 0) is 44.0 Å². The van der Waals surface area contributed by atoms with Gasteiger partial charge < -0.3 is 5.32 Å². The van der Waals surface area contributed by atoms with Crippen LogP contribution in [0.3, 0.4) is 0 Å². The molecule has 2 fully saturated rings. The number of hydrogen-bond acceptors (Lipinski definition) is 4. The van der Waals surface area contributed by atoms with E-state index in [2.05, 4.69) is 20.7 Å². The zero-order valence-corrected chi connectivity index (χ0v) is 10.9. The first-order valence-electron chi connectivity index (χ1n) is 7.02. The molecule has 3 rings (SSSR count). The first-order chi connectivity index (χ1) is 9.14. The van der Waals surface area contributed by atoms with Crippen LogP contribution in [-0.4, -0.2) is 39.2 Å². The molecule has 5 nitrogen and oxygen atoms in total. The number of nitrogens with one attached hydrogen (secondary N) is 1. The smallest absolute Gasteiger partial charge is 0.248 e. The van der Waals surface area contributed by atoms with Crippen LogP contribution in [0.15, 0.2) is 0 Å². The second kappa shape index (κ2) is 5.11. The van der Waals surface area contributed by atoms with E-state index >= 15 is 0 Å². The van der Waals surface area contributed by atoms with Crippen LogP contribution in [0.5, 0.6) is 0 Å². The summed E-state index contributed by atoms with van der Waals surface area (Å²) in [6, 6.07) is -0.0115. The van der Waals surface area contributed by atoms with Gasteiger partial charge in [0.15, 0.2) is 5.82 Å². The minimum Gasteiger partial charge on any atom is -0.317 e. The fourth-order valence-corrected chi connectivity index (χ4v) is 2.89. The van der Waals surface area contributed by atoms with Gasteiger partial charge in [0.05, 0.1) is 6.04 Å². The lowest BCUT2D eigenvalue weighted by atomic mass is 9.93. The van der Waals surface area contributed by atoms with Gasteiger partial charge in [-0.2, -0.15) is 4.80 Å². The van der Waals surface area contributed by atoms with Crippen LogP contribution in [0.1, 0.15) is 56.3 Å². The van der Waals surface area contributed by atoms with Gasteiger partial charge in [-0.3, -0.25) is 0 Å². The van der Waals surface area contributed by atoms with Crippen LogP contribution in [0.25, 0.3) is 0 Å². The standard InChI is InChI=1S/C12H19F2N5/c13-12(14)5-1-10(2-6-12)19-17-11(16-18-19)9-3-7-15-8-4-9/h9-10,15H,1-8H2. The van der Waals surface area contributed by atoms with Crippen molar-refractivity contribution in [2.24, 2.45) is 0 Å². The highest BCUT2D eigenvalue weighted by atomic mass is 19.3. The van der Waals surface area contributed by atoms with Crippen molar-refractivity contribution in [2.45, 2.75) is 56.4 Å². The maximum Gasteiger partial charge on any atom is 0.248 e. The molecule has 1 aliphatic heterocycles. The predicted octanol–water partition coefficient (Wildman–Crippen LogP) is 1.89. The zero-order valence-electron chi connectivity index (χ0n) is 10.9. The van der Waals surface area contributed by atoms with Crippen molar-refractivity contribution < 1.29 is 8.78 Å². The molecule has 106 valence electrons. The summed E-state index contributed by atoms with van der Waals surface area (Å²) in [5, 5.41) is 15.9. The maximum absolute atomic E-state index is 13.1. The SMILES string of the molecule is FC1(F)CCC(n2nnc(C3CCNCC3)n2)CC1. The normalized spacial score (nSPS) is 25.6. The minimum absolute atomic E-state index is 0.0115. The van der Waals surface area contributed by atoms with Gasteiger partial charge in [0.25, 0.3) is 0 Å². The van der Waals surface area contributed by atoms with Crippen LogP contribution >= 0.6 is 0 Å². The lowest BCUT2D eigenvalue weighted by Gasteiger charge is -2.27. The molecule has 0 aromatic carbocycles. The zero-order chi connectivity index (χ0) is 13.3. The van der Waals surface area contributed by atoms with Gasteiger partial charge >= 0.3 is 0 Å². The van der Waals surface area contributed by atoms with Crippen LogP contribution in [0.2, 0.25) is 0 Å². The lowest BCUT2D eigenvalue weighted by Crippen LogP contribution is -2.28. The summed E-state index contributed by atoms with van der Waals surface area (Å²) >= 11 is 0. The summed E-state index contributed by atoms with van der Waals surface area (Å²) < 4.78 is 26.2. The summed E-state index contributed by atoms with van der Waals surface area (Å²) in [4.78, 5) is 1.56. The van der Waals surface area contributed by atoms with Gasteiger partial charge in [0.1, 0.15) is 0 Å². The molecular weight excluding hydrogens is 252 g/mol. The number of piperidine rings is 1. The van der Waals surface area contributed by atoms with E-state index in [1.807, 2.05) is 0 Å². The Balaban J connectivity index is 1.64. The van der Waals surface area contributed by atoms with Crippen LogP contribution in [-0.2, 0) is 0 Å². The van der Waals surface area contributed by atoms with E-state index in [0.717, 1.165) is 31.8 Å². The monoisotopic (exact) mass is 271 g/mol. The molecule has 1 saturated carbocycles. The number of rotatable bonds is 2. The van der Waals surface area contributed by atoms with Crippen molar-refractivity contribution in [1.82, 2.24) is 25.5 Å². The Morgan fingerprint density at radius 3 is 2.47 bits per heavy atom. The summed E-state index contributed by atoms with van der Waals surface area (Å²) in [7, 11) is 0. The molecule has 19 heavy (non-hydrogen) atoms. The third-order valence-electron chi connectivity index (χ3n) is 4.16. The molecule has 2 aliphatic rings. The highest BCUT2D eigenvalue weighted by molar-refractivity contribution is 4.94. The molecule has 0 spiro atoms. The molecule has 1 N–H and O–H groups in total. The Bertz CT molecular complexity index is 418. The molecule has 2 heterocycles. The van der Waals surface area contributed by atoms with E-state index in [9.17, 15) is 8.78 Å². The predicted molar refractivity (Wildman–Crippen MR) is 65.1 cm³/mol. The number of aromatic nitrogens is 4. The van der Waals surface area contributed by atoms with E-state index in [4.69, 9.17) is 0 Å². The molecule has 1 saturated heterocycles. The van der Waals surface area contributed by atoms with Gasteiger partial charge in [0.2, 0.25) is 5.92 Å². The molecule has 7 heteroatoms. The molecule has 0 unspecified atom stereocenters. The largest absolute Gasteiger partial charge is 0.317 e. The highest BCUT2D eigenvalue weighted by Gasteiger charge is 2.36. The van der Waals surface area contributed by atoms with E-state index < -0.39 is 5.92 Å². The highest BCUT2D eigenvalue weighted by Crippen LogP contribution is 2.37. The average Bonchev–Trinajstić information content (AvgIpc) is 2.89. The Morgan fingerprint density at radius 1 is 1.11 bits per heavy atom. The van der Waals surface area contributed by atoms with E-state index in [1.54, 1.807) is 4.80 Å². The molecular formula is C12H19F2N5. The summed E-state index contributed by atoms with van der Waals surface area (Å²) in [6.45, 7) is 1.96. The quantitative estimate of drug-likeness (QED) is 0.892. The Hall–Kier alpha value is -1.11. The Morgan fingerprint density at radius 2 is 1.79 bits per heavy atom. The van der Waals surface area contributed by atoms with Crippen molar-refractivity contribution in [3.8, 4) is 0 Å². The number of alkyl halides is 2. The van der Waals surface area contributed by atoms with Crippen molar-refractivity contribution in [2.75, 3.05) is 13.1 Å². The average molecular weight is 271 g/mol. The van der Waals surface area contributed by atoms with Crippen molar-refractivity contribution in [1.29, 1.82) is 0 Å². The summed E-state index contributed by atoms with van der Waals surface area (Å²) in [6.07, 6.45) is 2.79. The fraction of sp³-hybridized carbons (Fsp3) is 0.917. The molecule has 0 bridgehead atoms. The van der Waals surface area contributed by atoms with Crippen LogP contribution < -0.4 is 5.32 Å². The fourth-order valence-electron chi connectivity index (χ4n) is 2.89. The number of halogens is 2. The number of tetrazole rings is 1. The molecule has 1 aromatic heterocycles. The number of nitrogens with zero attached hydrogens (tertiary/aromatic N) is 4. The van der Waals surface area contributed by atoms with Gasteiger partial charge in [0, 0.05) is 18.8 Å². The van der Waals surface area contributed by atoms with E-state index in [1.165, 1.54) is 0 Å². The van der Waals surface area contributed by atoms with Crippen LogP contribution in [0, 0.1) is 0 Å². The molecule has 0 atom stereocenters. The Kier molecular flexibility index (Phi) is 3.47. The van der Waals surface area contributed by atoms with Gasteiger partial charge in [-0.15, -0.1) is 10.2 Å². The van der Waals surface area contributed by atoms with Gasteiger partial charge in [-0.1, -0.05) is 0 Å². The molecule has 1 aromatic rings. The molecule has 0 radical (unpaired) electrons. The molecule has 1 aliphatic carbocycles. The Labute approximate surface area is 110 Å². The second-order valence-electron chi connectivity index (χ2n) is 5.58. The summed E-state index contributed by atoms with van der Waals surface area (Å²) in [5.41, 5.74) is 0. The topological polar surface area (TPSA) is 55.6 Å². The van der Waals surface area contributed by atoms with Crippen molar-refractivity contribution in [3.63, 3.8) is 0 Å². The summed E-state index contributed by atoms with van der Waals surface area (Å²) in [5.74, 6) is -1.37. The van der Waals surface area contributed by atoms with Crippen molar-refractivity contribution >= 4 is 0 Å². The van der Waals surface area contributed by atoms with Gasteiger partial charge in [-0.25, -0.2) is 8.78 Å². The first kappa shape index (κ1) is 12.9. The minimum atomic E-state index is -2.51. The lowest BCUT2D eigenvalue weighted by molar-refractivity contribution is -0.0464. The van der Waals surface area contributed by atoms with Crippen molar-refractivity contribution in [3.05, 3.63) is 5.82 Å². The van der Waals surface area contributed by atoms with E-state index in [0.29, 0.717) is 18.8 Å².